The molecule has 0 bridgehead atoms. The second-order valence-electron chi connectivity index (χ2n) is 6.85. The van der Waals surface area contributed by atoms with Crippen LogP contribution in [0, 0.1) is 11.3 Å². The molecule has 2 aromatic rings. The zero-order valence-electron chi connectivity index (χ0n) is 15.1. The molecule has 5 heteroatoms. The van der Waals surface area contributed by atoms with E-state index in [1.165, 1.54) is 0 Å². The Morgan fingerprint density at radius 3 is 2.56 bits per heavy atom. The molecule has 0 amide bonds. The maximum atomic E-state index is 9.39. The monoisotopic (exact) mass is 334 g/mol. The van der Waals surface area contributed by atoms with Crippen LogP contribution < -0.4 is 5.43 Å². The highest BCUT2D eigenvalue weighted by Gasteiger charge is 2.21. The summed E-state index contributed by atoms with van der Waals surface area (Å²) in [6.07, 6.45) is 0. The van der Waals surface area contributed by atoms with Crippen LogP contribution in [0.2, 0.25) is 0 Å². The van der Waals surface area contributed by atoms with Crippen LogP contribution in [0.1, 0.15) is 44.7 Å². The molecule has 2 rings (SSSR count). The molecule has 0 unspecified atom stereocenters. The summed E-state index contributed by atoms with van der Waals surface area (Å²) >= 11 is 0. The third kappa shape index (κ3) is 4.45. The second kappa shape index (κ2) is 7.18. The van der Waals surface area contributed by atoms with Crippen LogP contribution in [-0.4, -0.2) is 10.9 Å². The van der Waals surface area contributed by atoms with Gasteiger partial charge in [0.05, 0.1) is 5.69 Å². The summed E-state index contributed by atoms with van der Waals surface area (Å²) in [5.41, 5.74) is 6.49. The number of hydrazone groups is 1. The Balaban J connectivity index is 2.21. The van der Waals surface area contributed by atoms with Crippen molar-refractivity contribution >= 4 is 22.5 Å². The molecule has 0 saturated heterocycles. The van der Waals surface area contributed by atoms with Crippen molar-refractivity contribution in [3.63, 3.8) is 0 Å². The van der Waals surface area contributed by atoms with Crippen LogP contribution >= 0.6 is 0 Å². The number of hydrogen-bond donors (Lipinski definition) is 1. The van der Waals surface area contributed by atoms with Gasteiger partial charge >= 0.3 is 0 Å². The van der Waals surface area contributed by atoms with Crippen LogP contribution in [0.4, 0.5) is 5.69 Å². The third-order valence-electron chi connectivity index (χ3n) is 3.60. The summed E-state index contributed by atoms with van der Waals surface area (Å²) < 4.78 is 5.34. The van der Waals surface area contributed by atoms with Gasteiger partial charge in [-0.2, -0.15) is 10.4 Å². The molecular weight excluding hydrogens is 312 g/mol. The van der Waals surface area contributed by atoms with Crippen LogP contribution in [0.15, 0.2) is 53.1 Å². The highest BCUT2D eigenvalue weighted by Crippen LogP contribution is 2.25. The van der Waals surface area contributed by atoms with E-state index in [0.29, 0.717) is 11.3 Å². The van der Waals surface area contributed by atoms with Gasteiger partial charge in [-0.1, -0.05) is 56.8 Å². The van der Waals surface area contributed by atoms with Crippen LogP contribution in [0.3, 0.4) is 0 Å². The predicted octanol–water partition coefficient (Wildman–Crippen LogP) is 5.01. The number of hydrogen-bond acceptors (Lipinski definition) is 5. The lowest BCUT2D eigenvalue weighted by Crippen LogP contribution is -2.09. The zero-order chi connectivity index (χ0) is 18.6. The predicted molar refractivity (Wildman–Crippen MR) is 102 cm³/mol. The van der Waals surface area contributed by atoms with Crippen molar-refractivity contribution in [2.75, 3.05) is 5.43 Å². The van der Waals surface area contributed by atoms with Gasteiger partial charge in [0, 0.05) is 17.1 Å². The van der Waals surface area contributed by atoms with Gasteiger partial charge in [0.25, 0.3) is 0 Å². The molecule has 1 aromatic carbocycles. The molecule has 0 aliphatic rings. The molecule has 128 valence electrons. The van der Waals surface area contributed by atoms with Crippen molar-refractivity contribution in [2.45, 2.75) is 33.1 Å². The topological polar surface area (TPSA) is 74.2 Å². The van der Waals surface area contributed by atoms with Crippen molar-refractivity contribution in [3.8, 4) is 6.07 Å². The molecule has 0 aliphatic heterocycles. The molecule has 0 atom stereocenters. The van der Waals surface area contributed by atoms with Crippen LogP contribution in [0.25, 0.3) is 11.1 Å². The van der Waals surface area contributed by atoms with E-state index >= 15 is 0 Å². The van der Waals surface area contributed by atoms with Crippen molar-refractivity contribution in [1.29, 1.82) is 5.26 Å². The lowest BCUT2D eigenvalue weighted by atomic mass is 9.92. The number of nitriles is 1. The molecule has 0 fully saturated rings. The molecule has 0 spiro atoms. The Kier molecular flexibility index (Phi) is 5.23. The molecule has 1 N–H and O–H groups in total. The fraction of sp³-hybridized carbons (Fsp3) is 0.250. The fourth-order valence-corrected chi connectivity index (χ4v) is 2.03. The van der Waals surface area contributed by atoms with Crippen molar-refractivity contribution in [1.82, 2.24) is 5.16 Å². The summed E-state index contributed by atoms with van der Waals surface area (Å²) in [4.78, 5) is 0. The van der Waals surface area contributed by atoms with Crippen molar-refractivity contribution in [3.05, 3.63) is 60.5 Å². The van der Waals surface area contributed by atoms with Gasteiger partial charge in [-0.15, -0.1) is 0 Å². The van der Waals surface area contributed by atoms with Gasteiger partial charge in [0.2, 0.25) is 0 Å². The van der Waals surface area contributed by atoms with Gasteiger partial charge in [-0.05, 0) is 24.6 Å². The second-order valence-corrected chi connectivity index (χ2v) is 6.85. The third-order valence-corrected chi connectivity index (χ3v) is 3.60. The average Bonchev–Trinajstić information content (AvgIpc) is 3.05. The molecule has 1 heterocycles. The van der Waals surface area contributed by atoms with Gasteiger partial charge < -0.3 is 4.52 Å². The Morgan fingerprint density at radius 1 is 1.28 bits per heavy atom. The van der Waals surface area contributed by atoms with E-state index in [1.807, 2.05) is 58.0 Å². The summed E-state index contributed by atoms with van der Waals surface area (Å²) in [6, 6.07) is 11.5. The lowest BCUT2D eigenvalue weighted by Gasteiger charge is -2.12. The number of aromatic nitrogens is 1. The average molecular weight is 334 g/mol. The first-order valence-corrected chi connectivity index (χ1v) is 7.89. The number of allylic oxidation sites excluding steroid dienone is 2. The van der Waals surface area contributed by atoms with E-state index in [0.717, 1.165) is 22.6 Å². The fourth-order valence-electron chi connectivity index (χ4n) is 2.03. The summed E-state index contributed by atoms with van der Waals surface area (Å²) in [7, 11) is 0. The molecule has 0 radical (unpaired) electrons. The maximum Gasteiger partial charge on any atom is 0.169 e. The van der Waals surface area contributed by atoms with E-state index in [1.54, 1.807) is 6.07 Å². The van der Waals surface area contributed by atoms with Gasteiger partial charge in [0.1, 0.15) is 17.5 Å². The van der Waals surface area contributed by atoms with E-state index in [4.69, 9.17) is 4.52 Å². The normalized spacial score (nSPS) is 11.7. The molecule has 1 aromatic heterocycles. The standard InChI is InChI=1S/C20H22N4O/c1-13(2)15-8-7-9-16(10-15)22-23-18(12-21)14(3)17-11-19(25-24-17)20(4,5)6/h7-11,22H,1,3H2,2,4-6H3/b23-18+. The van der Waals surface area contributed by atoms with E-state index in [-0.39, 0.29) is 11.1 Å². The molecular formula is C20H22N4O. The Morgan fingerprint density at radius 2 is 2.00 bits per heavy atom. The first kappa shape index (κ1) is 18.2. The summed E-state index contributed by atoms with van der Waals surface area (Å²) in [6.45, 7) is 15.8. The van der Waals surface area contributed by atoms with Gasteiger partial charge in [-0.3, -0.25) is 5.43 Å². The van der Waals surface area contributed by atoms with Gasteiger partial charge in [-0.25, -0.2) is 0 Å². The van der Waals surface area contributed by atoms with E-state index in [9.17, 15) is 5.26 Å². The highest BCUT2D eigenvalue weighted by molar-refractivity contribution is 6.30. The van der Waals surface area contributed by atoms with Gasteiger partial charge in [0.15, 0.2) is 5.71 Å². The minimum absolute atomic E-state index is 0.148. The largest absolute Gasteiger partial charge is 0.360 e. The first-order valence-electron chi connectivity index (χ1n) is 7.89. The number of benzene rings is 1. The molecule has 0 saturated carbocycles. The quantitative estimate of drug-likeness (QED) is 0.616. The van der Waals surface area contributed by atoms with E-state index < -0.39 is 0 Å². The molecule has 5 nitrogen and oxygen atoms in total. The maximum absolute atomic E-state index is 9.39. The number of nitrogens with one attached hydrogen (secondary N) is 1. The molecule has 25 heavy (non-hydrogen) atoms. The number of rotatable bonds is 5. The van der Waals surface area contributed by atoms with E-state index in [2.05, 4.69) is 28.8 Å². The minimum atomic E-state index is -0.170. The number of nitrogens with zero attached hydrogens (tertiary/aromatic N) is 3. The Labute approximate surface area is 148 Å². The Hall–Kier alpha value is -3.13. The minimum Gasteiger partial charge on any atom is -0.360 e. The lowest BCUT2D eigenvalue weighted by molar-refractivity contribution is 0.328. The smallest absolute Gasteiger partial charge is 0.169 e. The SMILES string of the molecule is C=C(C)c1cccc(N/N=C(\C#N)C(=C)c2cc(C(C)(C)C)on2)c1. The first-order chi connectivity index (χ1) is 11.7. The van der Waals surface area contributed by atoms with Crippen molar-refractivity contribution < 1.29 is 4.52 Å². The summed E-state index contributed by atoms with van der Waals surface area (Å²) in [5, 5.41) is 17.5. The van der Waals surface area contributed by atoms with Crippen LogP contribution in [0.5, 0.6) is 0 Å². The number of anilines is 1. The summed E-state index contributed by atoms with van der Waals surface area (Å²) in [5.74, 6) is 0.725. The molecule has 0 aliphatic carbocycles. The van der Waals surface area contributed by atoms with Crippen molar-refractivity contribution in [2.24, 2.45) is 5.10 Å². The van der Waals surface area contributed by atoms with Crippen LogP contribution in [-0.2, 0) is 5.41 Å². The zero-order valence-corrected chi connectivity index (χ0v) is 15.1. The highest BCUT2D eigenvalue weighted by atomic mass is 16.5. The Bertz CT molecular complexity index is 876.